The number of benzene rings is 1. The highest BCUT2D eigenvalue weighted by Gasteiger charge is 2.35. The summed E-state index contributed by atoms with van der Waals surface area (Å²) in [6, 6.07) is 7.74. The Kier molecular flexibility index (Phi) is 8.83. The molecule has 0 spiro atoms. The second kappa shape index (κ2) is 10.2. The van der Waals surface area contributed by atoms with Gasteiger partial charge in [-0.3, -0.25) is 0 Å². The number of nitrogens with one attached hydrogen (secondary N) is 1. The Balaban J connectivity index is 2.24. The predicted molar refractivity (Wildman–Crippen MR) is 114 cm³/mol. The Morgan fingerprint density at radius 3 is 2.18 bits per heavy atom. The van der Waals surface area contributed by atoms with Gasteiger partial charge in [-0.1, -0.05) is 17.6 Å². The Hall–Kier alpha value is -1.73. The van der Waals surface area contributed by atoms with Gasteiger partial charge in [0.15, 0.2) is 0 Å². The molecule has 0 aromatic heterocycles. The van der Waals surface area contributed by atoms with E-state index in [1.807, 2.05) is 58.9 Å². The number of hydrogen-bond donors (Lipinski definition) is 2. The maximum absolute atomic E-state index is 11.5. The van der Waals surface area contributed by atoms with Crippen molar-refractivity contribution in [3.05, 3.63) is 24.3 Å². The molecule has 158 valence electrons. The molecule has 1 amide bonds. The Morgan fingerprint density at radius 2 is 1.64 bits per heavy atom. The average molecular weight is 393 g/mol. The normalized spacial score (nSPS) is 12.4. The Morgan fingerprint density at radius 1 is 1.04 bits per heavy atom. The van der Waals surface area contributed by atoms with Crippen molar-refractivity contribution < 1.29 is 24.0 Å². The molecule has 0 aliphatic heterocycles. The molecule has 1 aromatic carbocycles. The molecule has 0 fully saturated rings. The second-order valence-electron chi connectivity index (χ2n) is 8.99. The Bertz CT molecular complexity index is 603. The van der Waals surface area contributed by atoms with E-state index in [2.05, 4.69) is 5.32 Å². The first-order valence-corrected chi connectivity index (χ1v) is 9.85. The predicted octanol–water partition coefficient (Wildman–Crippen LogP) is 2.91. The van der Waals surface area contributed by atoms with Crippen molar-refractivity contribution in [3.8, 4) is 5.75 Å². The van der Waals surface area contributed by atoms with Crippen molar-refractivity contribution in [2.75, 3.05) is 13.2 Å². The SMILES string of the molecule is CC(C)(C)OC(=O)NCCCCOc1ccc(BOC(C)(C)C(C)(C)O)cc1. The molecule has 0 aliphatic rings. The van der Waals surface area contributed by atoms with E-state index in [-0.39, 0.29) is 6.09 Å². The van der Waals surface area contributed by atoms with Crippen LogP contribution < -0.4 is 15.5 Å². The van der Waals surface area contributed by atoms with Crippen LogP contribution in [0.2, 0.25) is 0 Å². The number of rotatable bonds is 10. The molecule has 0 saturated carbocycles. The van der Waals surface area contributed by atoms with Gasteiger partial charge in [0, 0.05) is 6.54 Å². The summed E-state index contributed by atoms with van der Waals surface area (Å²) in [6.07, 6.45) is 1.26. The maximum atomic E-state index is 11.5. The average Bonchev–Trinajstić information content (AvgIpc) is 2.54. The third-order valence-electron chi connectivity index (χ3n) is 4.50. The molecule has 1 aromatic rings. The molecule has 0 heterocycles. The fourth-order valence-corrected chi connectivity index (χ4v) is 2.04. The summed E-state index contributed by atoms with van der Waals surface area (Å²) in [4.78, 5) is 11.5. The van der Waals surface area contributed by atoms with E-state index >= 15 is 0 Å². The van der Waals surface area contributed by atoms with Gasteiger partial charge in [-0.15, -0.1) is 0 Å². The van der Waals surface area contributed by atoms with E-state index in [9.17, 15) is 9.90 Å². The molecule has 6 nitrogen and oxygen atoms in total. The molecule has 0 aliphatic carbocycles. The molecule has 0 radical (unpaired) electrons. The first-order valence-electron chi connectivity index (χ1n) is 9.85. The fourth-order valence-electron chi connectivity index (χ4n) is 2.04. The lowest BCUT2D eigenvalue weighted by Gasteiger charge is -2.37. The van der Waals surface area contributed by atoms with Crippen molar-refractivity contribution in [1.29, 1.82) is 0 Å². The van der Waals surface area contributed by atoms with Crippen LogP contribution >= 0.6 is 0 Å². The zero-order chi connectivity index (χ0) is 21.4. The molecular weight excluding hydrogens is 357 g/mol. The lowest BCUT2D eigenvalue weighted by molar-refractivity contribution is -0.0893. The van der Waals surface area contributed by atoms with Crippen LogP contribution in [0.15, 0.2) is 24.3 Å². The van der Waals surface area contributed by atoms with Crippen LogP contribution in [0.3, 0.4) is 0 Å². The highest BCUT2D eigenvalue weighted by Crippen LogP contribution is 2.24. The zero-order valence-corrected chi connectivity index (χ0v) is 18.4. The van der Waals surface area contributed by atoms with E-state index in [1.165, 1.54) is 0 Å². The van der Waals surface area contributed by atoms with Gasteiger partial charge in [0.1, 0.15) is 11.4 Å². The van der Waals surface area contributed by atoms with Crippen molar-refractivity contribution in [1.82, 2.24) is 5.32 Å². The number of alkyl carbamates (subject to hydrolysis) is 1. The minimum atomic E-state index is -0.922. The van der Waals surface area contributed by atoms with Gasteiger partial charge in [-0.05, 0) is 73.4 Å². The summed E-state index contributed by atoms with van der Waals surface area (Å²) in [7, 11) is 0.424. The van der Waals surface area contributed by atoms with E-state index < -0.39 is 16.8 Å². The third-order valence-corrected chi connectivity index (χ3v) is 4.50. The molecule has 0 atom stereocenters. The summed E-state index contributed by atoms with van der Waals surface area (Å²) < 4.78 is 16.8. The quantitative estimate of drug-likeness (QED) is 0.472. The lowest BCUT2D eigenvalue weighted by Crippen LogP contribution is -2.49. The zero-order valence-electron chi connectivity index (χ0n) is 18.4. The number of carbonyl (C=O) groups excluding carboxylic acids is 1. The van der Waals surface area contributed by atoms with Crippen LogP contribution in [0.4, 0.5) is 4.79 Å². The minimum Gasteiger partial charge on any atom is -0.494 e. The molecular formula is C21H36BNO5. The molecule has 2 N–H and O–H groups in total. The fraction of sp³-hybridized carbons (Fsp3) is 0.667. The summed E-state index contributed by atoms with van der Waals surface area (Å²) in [6.45, 7) is 13.9. The van der Waals surface area contributed by atoms with Crippen molar-refractivity contribution in [2.24, 2.45) is 0 Å². The summed E-state index contributed by atoms with van der Waals surface area (Å²) >= 11 is 0. The molecule has 7 heteroatoms. The van der Waals surface area contributed by atoms with Gasteiger partial charge < -0.3 is 24.6 Å². The third kappa shape index (κ3) is 9.46. The van der Waals surface area contributed by atoms with Crippen LogP contribution in [0, 0.1) is 0 Å². The van der Waals surface area contributed by atoms with E-state index in [4.69, 9.17) is 14.1 Å². The topological polar surface area (TPSA) is 77.0 Å². The first kappa shape index (κ1) is 24.3. The molecule has 0 saturated heterocycles. The molecule has 0 unspecified atom stereocenters. The highest BCUT2D eigenvalue weighted by molar-refractivity contribution is 6.47. The molecule has 0 bridgehead atoms. The number of ether oxygens (including phenoxy) is 2. The number of carbonyl (C=O) groups is 1. The monoisotopic (exact) mass is 393 g/mol. The largest absolute Gasteiger partial charge is 0.494 e. The van der Waals surface area contributed by atoms with Crippen molar-refractivity contribution >= 4 is 19.0 Å². The Labute approximate surface area is 170 Å². The van der Waals surface area contributed by atoms with Gasteiger partial charge >= 0.3 is 13.6 Å². The van der Waals surface area contributed by atoms with Crippen LogP contribution in [-0.2, 0) is 9.39 Å². The number of unbranched alkanes of at least 4 members (excludes halogenated alkanes) is 1. The van der Waals surface area contributed by atoms with E-state index in [0.29, 0.717) is 20.6 Å². The molecule has 28 heavy (non-hydrogen) atoms. The van der Waals surface area contributed by atoms with E-state index in [1.54, 1.807) is 13.8 Å². The van der Waals surface area contributed by atoms with Crippen LogP contribution in [0.5, 0.6) is 5.75 Å². The summed E-state index contributed by atoms with van der Waals surface area (Å²) in [5.41, 5.74) is -1.02. The standard InChI is InChI=1S/C21H36BNO5/c1-19(2,3)27-18(24)23-14-8-9-15-26-17-12-10-16(11-13-17)22-28-21(6,7)20(4,5)25/h10-13,22,25H,8-9,14-15H2,1-7H3,(H,23,24). The molecule has 1 rings (SSSR count). The van der Waals surface area contributed by atoms with Crippen molar-refractivity contribution in [2.45, 2.75) is 78.1 Å². The van der Waals surface area contributed by atoms with Gasteiger partial charge in [0.05, 0.1) is 17.8 Å². The number of hydrogen-bond acceptors (Lipinski definition) is 5. The van der Waals surface area contributed by atoms with Crippen LogP contribution in [-0.4, -0.2) is 48.6 Å². The van der Waals surface area contributed by atoms with E-state index in [0.717, 1.165) is 24.1 Å². The second-order valence-corrected chi connectivity index (χ2v) is 8.99. The van der Waals surface area contributed by atoms with Crippen LogP contribution in [0.25, 0.3) is 0 Å². The van der Waals surface area contributed by atoms with Gasteiger partial charge in [-0.25, -0.2) is 4.79 Å². The van der Waals surface area contributed by atoms with Gasteiger partial charge in [-0.2, -0.15) is 0 Å². The summed E-state index contributed by atoms with van der Waals surface area (Å²) in [5.74, 6) is 0.797. The maximum Gasteiger partial charge on any atom is 0.407 e. The van der Waals surface area contributed by atoms with Crippen LogP contribution in [0.1, 0.15) is 61.3 Å². The first-order chi connectivity index (χ1) is 12.8. The summed E-state index contributed by atoms with van der Waals surface area (Å²) in [5, 5.41) is 12.9. The van der Waals surface area contributed by atoms with Crippen molar-refractivity contribution in [3.63, 3.8) is 0 Å². The minimum absolute atomic E-state index is 0.390. The number of aliphatic hydroxyl groups is 1. The smallest absolute Gasteiger partial charge is 0.407 e. The number of amides is 1. The van der Waals surface area contributed by atoms with Gasteiger partial charge in [0.25, 0.3) is 0 Å². The highest BCUT2D eigenvalue weighted by atomic mass is 16.6. The lowest BCUT2D eigenvalue weighted by atomic mass is 9.82. The van der Waals surface area contributed by atoms with Gasteiger partial charge in [0.2, 0.25) is 0 Å².